The van der Waals surface area contributed by atoms with Crippen LogP contribution in [-0.4, -0.2) is 50.6 Å². The molecule has 0 aliphatic carbocycles. The quantitative estimate of drug-likeness (QED) is 0.909. The van der Waals surface area contributed by atoms with Crippen molar-refractivity contribution < 1.29 is 9.53 Å². The molecule has 0 atom stereocenters. The second kappa shape index (κ2) is 8.03. The molecule has 0 spiro atoms. The number of anilines is 2. The molecule has 1 amide bonds. The van der Waals surface area contributed by atoms with E-state index in [-0.39, 0.29) is 5.91 Å². The summed E-state index contributed by atoms with van der Waals surface area (Å²) < 4.78 is 5.42. The van der Waals surface area contributed by atoms with E-state index >= 15 is 0 Å². The van der Waals surface area contributed by atoms with Crippen LogP contribution in [0.2, 0.25) is 0 Å². The zero-order valence-electron chi connectivity index (χ0n) is 14.9. The molecule has 1 aliphatic heterocycles. The van der Waals surface area contributed by atoms with Crippen LogP contribution in [-0.2, 0) is 0 Å². The summed E-state index contributed by atoms with van der Waals surface area (Å²) in [6, 6.07) is 15.2. The molecule has 1 heterocycles. The molecule has 1 aliphatic rings. The molecule has 5 heteroatoms. The zero-order chi connectivity index (χ0) is 17.6. The van der Waals surface area contributed by atoms with Crippen molar-refractivity contribution in [1.82, 2.24) is 4.90 Å². The van der Waals surface area contributed by atoms with Gasteiger partial charge in [-0.15, -0.1) is 0 Å². The Kier molecular flexibility index (Phi) is 5.56. The third-order valence-electron chi connectivity index (χ3n) is 4.42. The minimum absolute atomic E-state index is 0.107. The molecule has 132 valence electrons. The lowest BCUT2D eigenvalue weighted by atomic mass is 10.1. The van der Waals surface area contributed by atoms with Gasteiger partial charge in [-0.3, -0.25) is 4.79 Å². The molecule has 1 saturated heterocycles. The second-order valence-electron chi connectivity index (χ2n) is 6.22. The van der Waals surface area contributed by atoms with Crippen molar-refractivity contribution in [3.8, 4) is 5.75 Å². The van der Waals surface area contributed by atoms with Gasteiger partial charge in [0.25, 0.3) is 5.91 Å². The average Bonchev–Trinajstić information content (AvgIpc) is 2.64. The zero-order valence-corrected chi connectivity index (χ0v) is 14.9. The van der Waals surface area contributed by atoms with Crippen LogP contribution in [0, 0.1) is 0 Å². The van der Waals surface area contributed by atoms with Crippen LogP contribution in [0.1, 0.15) is 17.3 Å². The number of nitrogens with one attached hydrogen (secondary N) is 1. The lowest BCUT2D eigenvalue weighted by Gasteiger charge is -2.35. The Labute approximate surface area is 149 Å². The molecule has 0 unspecified atom stereocenters. The highest BCUT2D eigenvalue weighted by molar-refractivity contribution is 6.06. The molecular formula is C20H25N3O2. The topological polar surface area (TPSA) is 44.8 Å². The Hall–Kier alpha value is -2.53. The van der Waals surface area contributed by atoms with Crippen molar-refractivity contribution in [2.24, 2.45) is 0 Å². The second-order valence-corrected chi connectivity index (χ2v) is 6.22. The summed E-state index contributed by atoms with van der Waals surface area (Å²) in [5.41, 5.74) is 2.55. The molecule has 0 aromatic heterocycles. The first-order valence-corrected chi connectivity index (χ1v) is 8.74. The predicted octanol–water partition coefficient (Wildman–Crippen LogP) is 3.09. The summed E-state index contributed by atoms with van der Waals surface area (Å²) in [5, 5.41) is 3.05. The fourth-order valence-electron chi connectivity index (χ4n) is 2.97. The Morgan fingerprint density at radius 3 is 2.40 bits per heavy atom. The summed E-state index contributed by atoms with van der Waals surface area (Å²) in [6.45, 7) is 6.54. The number of amides is 1. The average molecular weight is 339 g/mol. The lowest BCUT2D eigenvalue weighted by molar-refractivity contribution is 0.102. The largest absolute Gasteiger partial charge is 0.494 e. The monoisotopic (exact) mass is 339 g/mol. The first kappa shape index (κ1) is 17.3. The fraction of sp³-hybridized carbons (Fsp3) is 0.350. The number of ether oxygens (including phenoxy) is 1. The summed E-state index contributed by atoms with van der Waals surface area (Å²) >= 11 is 0. The highest BCUT2D eigenvalue weighted by Crippen LogP contribution is 2.27. The van der Waals surface area contributed by atoms with Gasteiger partial charge in [0.2, 0.25) is 0 Å². The number of para-hydroxylation sites is 2. The Morgan fingerprint density at radius 1 is 1.04 bits per heavy atom. The van der Waals surface area contributed by atoms with Crippen LogP contribution in [0.3, 0.4) is 0 Å². The molecule has 0 bridgehead atoms. The first-order valence-electron chi connectivity index (χ1n) is 8.74. The van der Waals surface area contributed by atoms with E-state index in [0.717, 1.165) is 43.3 Å². The van der Waals surface area contributed by atoms with Crippen molar-refractivity contribution in [1.29, 1.82) is 0 Å². The van der Waals surface area contributed by atoms with Crippen molar-refractivity contribution in [2.45, 2.75) is 6.92 Å². The van der Waals surface area contributed by atoms with E-state index in [9.17, 15) is 4.79 Å². The number of benzene rings is 2. The molecule has 1 fully saturated rings. The van der Waals surface area contributed by atoms with Crippen LogP contribution >= 0.6 is 0 Å². The van der Waals surface area contributed by atoms with E-state index in [0.29, 0.717) is 12.2 Å². The molecule has 5 nitrogen and oxygen atoms in total. The molecule has 2 aromatic carbocycles. The van der Waals surface area contributed by atoms with Crippen molar-refractivity contribution in [3.63, 3.8) is 0 Å². The maximum atomic E-state index is 12.6. The van der Waals surface area contributed by atoms with E-state index in [1.807, 2.05) is 37.3 Å². The smallest absolute Gasteiger partial charge is 0.255 e. The summed E-state index contributed by atoms with van der Waals surface area (Å²) in [6.07, 6.45) is 0. The van der Waals surface area contributed by atoms with Gasteiger partial charge < -0.3 is 19.9 Å². The van der Waals surface area contributed by atoms with Crippen molar-refractivity contribution in [3.05, 3.63) is 54.1 Å². The minimum Gasteiger partial charge on any atom is -0.494 e. The standard InChI is InChI=1S/C20H25N3O2/c1-3-25-17-10-8-16(9-11-17)20(24)21-18-6-4-5-7-19(18)23-14-12-22(2)13-15-23/h4-11H,3,12-15H2,1-2H3,(H,21,24). The first-order chi connectivity index (χ1) is 12.2. The number of hydrogen-bond acceptors (Lipinski definition) is 4. The fourth-order valence-corrected chi connectivity index (χ4v) is 2.97. The molecule has 3 rings (SSSR count). The Balaban J connectivity index is 1.73. The van der Waals surface area contributed by atoms with Gasteiger partial charge >= 0.3 is 0 Å². The van der Waals surface area contributed by atoms with Crippen LogP contribution in [0.4, 0.5) is 11.4 Å². The Bertz CT molecular complexity index is 707. The predicted molar refractivity (Wildman–Crippen MR) is 102 cm³/mol. The van der Waals surface area contributed by atoms with Gasteiger partial charge in [0.1, 0.15) is 5.75 Å². The third-order valence-corrected chi connectivity index (χ3v) is 4.42. The van der Waals surface area contributed by atoms with E-state index in [1.165, 1.54) is 0 Å². The third kappa shape index (κ3) is 4.31. The molecule has 0 radical (unpaired) electrons. The summed E-state index contributed by atoms with van der Waals surface area (Å²) in [5.74, 6) is 0.668. The highest BCUT2D eigenvalue weighted by Gasteiger charge is 2.18. The number of piperazine rings is 1. The number of likely N-dealkylation sites (N-methyl/N-ethyl adjacent to an activating group) is 1. The molecule has 0 saturated carbocycles. The van der Waals surface area contributed by atoms with Crippen LogP contribution in [0.15, 0.2) is 48.5 Å². The van der Waals surface area contributed by atoms with Gasteiger partial charge in [0.15, 0.2) is 0 Å². The SMILES string of the molecule is CCOc1ccc(C(=O)Nc2ccccc2N2CCN(C)CC2)cc1. The maximum absolute atomic E-state index is 12.6. The molecule has 25 heavy (non-hydrogen) atoms. The van der Waals surface area contributed by atoms with Gasteiger partial charge in [-0.25, -0.2) is 0 Å². The minimum atomic E-state index is -0.107. The summed E-state index contributed by atoms with van der Waals surface area (Å²) in [7, 11) is 2.14. The maximum Gasteiger partial charge on any atom is 0.255 e. The van der Waals surface area contributed by atoms with Crippen molar-refractivity contribution in [2.75, 3.05) is 50.1 Å². The van der Waals surface area contributed by atoms with Crippen LogP contribution in [0.5, 0.6) is 5.75 Å². The molecule has 2 aromatic rings. The van der Waals surface area contributed by atoms with Gasteiger partial charge in [-0.2, -0.15) is 0 Å². The van der Waals surface area contributed by atoms with Gasteiger partial charge in [0, 0.05) is 31.7 Å². The van der Waals surface area contributed by atoms with Gasteiger partial charge in [-0.05, 0) is 50.4 Å². The highest BCUT2D eigenvalue weighted by atomic mass is 16.5. The number of carbonyl (C=O) groups excluding carboxylic acids is 1. The van der Waals surface area contributed by atoms with Gasteiger partial charge in [-0.1, -0.05) is 12.1 Å². The van der Waals surface area contributed by atoms with E-state index in [2.05, 4.69) is 28.2 Å². The number of hydrogen-bond donors (Lipinski definition) is 1. The number of carbonyl (C=O) groups is 1. The number of nitrogens with zero attached hydrogens (tertiary/aromatic N) is 2. The van der Waals surface area contributed by atoms with Crippen LogP contribution in [0.25, 0.3) is 0 Å². The van der Waals surface area contributed by atoms with E-state index in [1.54, 1.807) is 12.1 Å². The van der Waals surface area contributed by atoms with Crippen LogP contribution < -0.4 is 15.0 Å². The Morgan fingerprint density at radius 2 is 1.72 bits per heavy atom. The molecule has 1 N–H and O–H groups in total. The van der Waals surface area contributed by atoms with E-state index < -0.39 is 0 Å². The lowest BCUT2D eigenvalue weighted by Crippen LogP contribution is -2.44. The molecular weight excluding hydrogens is 314 g/mol. The van der Waals surface area contributed by atoms with Crippen molar-refractivity contribution >= 4 is 17.3 Å². The summed E-state index contributed by atoms with van der Waals surface area (Å²) in [4.78, 5) is 17.2. The number of rotatable bonds is 5. The van der Waals surface area contributed by atoms with E-state index in [4.69, 9.17) is 4.74 Å². The normalized spacial score (nSPS) is 15.0. The van der Waals surface area contributed by atoms with Gasteiger partial charge in [0.05, 0.1) is 18.0 Å².